The summed E-state index contributed by atoms with van der Waals surface area (Å²) in [5.41, 5.74) is 2.88. The van der Waals surface area contributed by atoms with E-state index in [-0.39, 0.29) is 6.54 Å². The molecule has 0 saturated heterocycles. The number of Topliss-reactive ketones (excluding diaryl/α,β-unsaturated/α-hetero) is 1. The van der Waals surface area contributed by atoms with Gasteiger partial charge in [-0.1, -0.05) is 44.2 Å². The minimum absolute atomic E-state index is 0.288. The van der Waals surface area contributed by atoms with Gasteiger partial charge >= 0.3 is 0 Å². The molecule has 3 rings (SSSR count). The third kappa shape index (κ3) is 4.37. The lowest BCUT2D eigenvalue weighted by molar-refractivity contribution is -0.117. The van der Waals surface area contributed by atoms with Crippen LogP contribution in [-0.2, 0) is 11.3 Å². The molecule has 140 valence electrons. The number of aromatic amines is 1. The lowest BCUT2D eigenvalue weighted by Crippen LogP contribution is -2.30. The molecule has 0 radical (unpaired) electrons. The third-order valence-electron chi connectivity index (χ3n) is 4.29. The first-order chi connectivity index (χ1) is 13.0. The SMILES string of the molecule is Cc1[nH]c2ccccc2c1C(=O)C(=O)NCc1ccc(OCC(C)C)cc1. The number of aryl methyl sites for hydroxylation is 1. The highest BCUT2D eigenvalue weighted by molar-refractivity contribution is 6.45. The first kappa shape index (κ1) is 18.7. The molecule has 0 unspecified atom stereocenters. The van der Waals surface area contributed by atoms with E-state index < -0.39 is 11.7 Å². The normalized spacial score (nSPS) is 11.0. The molecule has 3 aromatic rings. The second kappa shape index (κ2) is 8.08. The Balaban J connectivity index is 1.63. The van der Waals surface area contributed by atoms with Crippen LogP contribution in [0.5, 0.6) is 5.75 Å². The summed E-state index contributed by atoms with van der Waals surface area (Å²) in [5, 5.41) is 3.47. The zero-order valence-corrected chi connectivity index (χ0v) is 15.8. The number of carbonyl (C=O) groups is 2. The first-order valence-corrected chi connectivity index (χ1v) is 9.07. The zero-order chi connectivity index (χ0) is 19.4. The molecule has 1 amide bonds. The van der Waals surface area contributed by atoms with Crippen LogP contribution in [-0.4, -0.2) is 23.3 Å². The molecule has 27 heavy (non-hydrogen) atoms. The van der Waals surface area contributed by atoms with Crippen molar-refractivity contribution in [3.63, 3.8) is 0 Å². The van der Waals surface area contributed by atoms with Crippen molar-refractivity contribution in [1.29, 1.82) is 0 Å². The summed E-state index contributed by atoms with van der Waals surface area (Å²) in [5.74, 6) is 0.122. The number of carbonyl (C=O) groups excluding carboxylic acids is 2. The Morgan fingerprint density at radius 2 is 1.78 bits per heavy atom. The average Bonchev–Trinajstić information content (AvgIpc) is 3.00. The molecule has 0 spiro atoms. The van der Waals surface area contributed by atoms with Crippen molar-refractivity contribution in [1.82, 2.24) is 10.3 Å². The summed E-state index contributed by atoms with van der Waals surface area (Å²) in [7, 11) is 0. The standard InChI is InChI=1S/C22H24N2O3/c1-14(2)13-27-17-10-8-16(9-11-17)12-23-22(26)21(25)20-15(3)24-19-7-5-4-6-18(19)20/h4-11,14,24H,12-13H2,1-3H3,(H,23,26). The Kier molecular flexibility index (Phi) is 5.60. The van der Waals surface area contributed by atoms with Gasteiger partial charge in [-0.15, -0.1) is 0 Å². The Bertz CT molecular complexity index is 955. The summed E-state index contributed by atoms with van der Waals surface area (Å²) in [6, 6.07) is 15.0. The fourth-order valence-electron chi connectivity index (χ4n) is 2.91. The smallest absolute Gasteiger partial charge is 0.292 e. The fourth-order valence-corrected chi connectivity index (χ4v) is 2.91. The number of aromatic nitrogens is 1. The minimum Gasteiger partial charge on any atom is -0.493 e. The molecule has 0 aliphatic rings. The number of benzene rings is 2. The first-order valence-electron chi connectivity index (χ1n) is 9.07. The molecule has 5 heteroatoms. The molecule has 0 fully saturated rings. The molecule has 2 aromatic carbocycles. The number of rotatable bonds is 7. The number of ketones is 1. The van der Waals surface area contributed by atoms with Crippen molar-refractivity contribution >= 4 is 22.6 Å². The molecule has 1 aromatic heterocycles. The van der Waals surface area contributed by atoms with Gasteiger partial charge < -0.3 is 15.0 Å². The van der Waals surface area contributed by atoms with E-state index in [2.05, 4.69) is 24.1 Å². The number of amides is 1. The van der Waals surface area contributed by atoms with Crippen LogP contribution in [0, 0.1) is 12.8 Å². The molecule has 0 bridgehead atoms. The van der Waals surface area contributed by atoms with Crippen molar-refractivity contribution < 1.29 is 14.3 Å². The number of ether oxygens (including phenoxy) is 1. The van der Waals surface area contributed by atoms with Crippen LogP contribution in [0.2, 0.25) is 0 Å². The van der Waals surface area contributed by atoms with Gasteiger partial charge in [0, 0.05) is 23.1 Å². The van der Waals surface area contributed by atoms with Gasteiger partial charge in [-0.3, -0.25) is 9.59 Å². The van der Waals surface area contributed by atoms with Crippen molar-refractivity contribution in [2.24, 2.45) is 5.92 Å². The maximum Gasteiger partial charge on any atom is 0.292 e. The Morgan fingerprint density at radius 1 is 1.07 bits per heavy atom. The molecule has 0 aliphatic heterocycles. The summed E-state index contributed by atoms with van der Waals surface area (Å²) in [6.45, 7) is 6.94. The molecule has 1 heterocycles. The summed E-state index contributed by atoms with van der Waals surface area (Å²) in [6.07, 6.45) is 0. The summed E-state index contributed by atoms with van der Waals surface area (Å²) in [4.78, 5) is 28.1. The van der Waals surface area contributed by atoms with E-state index in [9.17, 15) is 9.59 Å². The van der Waals surface area contributed by atoms with E-state index in [0.717, 1.165) is 22.2 Å². The van der Waals surface area contributed by atoms with Gasteiger partial charge in [-0.05, 0) is 36.6 Å². The number of nitrogens with one attached hydrogen (secondary N) is 2. The molecule has 2 N–H and O–H groups in total. The van der Waals surface area contributed by atoms with E-state index in [4.69, 9.17) is 4.74 Å². The van der Waals surface area contributed by atoms with Gasteiger partial charge in [0.2, 0.25) is 0 Å². The highest BCUT2D eigenvalue weighted by Gasteiger charge is 2.22. The highest BCUT2D eigenvalue weighted by atomic mass is 16.5. The fraction of sp³-hybridized carbons (Fsp3) is 0.273. The van der Waals surface area contributed by atoms with Crippen molar-refractivity contribution in [3.05, 3.63) is 65.4 Å². The summed E-state index contributed by atoms with van der Waals surface area (Å²) < 4.78 is 5.64. The van der Waals surface area contributed by atoms with E-state index in [1.807, 2.05) is 48.5 Å². The highest BCUT2D eigenvalue weighted by Crippen LogP contribution is 2.22. The van der Waals surface area contributed by atoms with Gasteiger partial charge in [-0.25, -0.2) is 0 Å². The van der Waals surface area contributed by atoms with E-state index in [0.29, 0.717) is 23.8 Å². The lowest BCUT2D eigenvalue weighted by atomic mass is 10.1. The van der Waals surface area contributed by atoms with Gasteiger partial charge in [0.05, 0.1) is 12.2 Å². The predicted molar refractivity (Wildman–Crippen MR) is 106 cm³/mol. The average molecular weight is 364 g/mol. The van der Waals surface area contributed by atoms with Crippen LogP contribution in [0.1, 0.15) is 35.5 Å². The predicted octanol–water partition coefficient (Wildman–Crippen LogP) is 4.01. The van der Waals surface area contributed by atoms with Crippen molar-refractivity contribution in [2.75, 3.05) is 6.61 Å². The number of hydrogen-bond acceptors (Lipinski definition) is 3. The van der Waals surface area contributed by atoms with E-state index >= 15 is 0 Å². The van der Waals surface area contributed by atoms with Crippen LogP contribution in [0.15, 0.2) is 48.5 Å². The van der Waals surface area contributed by atoms with Crippen LogP contribution in [0.4, 0.5) is 0 Å². The molecule has 0 atom stereocenters. The number of hydrogen-bond donors (Lipinski definition) is 2. The van der Waals surface area contributed by atoms with Crippen molar-refractivity contribution in [2.45, 2.75) is 27.3 Å². The second-order valence-corrected chi connectivity index (χ2v) is 7.03. The van der Waals surface area contributed by atoms with Gasteiger partial charge in [0.15, 0.2) is 0 Å². The maximum absolute atomic E-state index is 12.6. The minimum atomic E-state index is -0.608. The lowest BCUT2D eigenvalue weighted by Gasteiger charge is -2.09. The van der Waals surface area contributed by atoms with E-state index in [1.54, 1.807) is 6.92 Å². The monoisotopic (exact) mass is 364 g/mol. The topological polar surface area (TPSA) is 71.2 Å². The number of H-pyrrole nitrogens is 1. The van der Waals surface area contributed by atoms with Gasteiger partial charge in [-0.2, -0.15) is 0 Å². The molecule has 5 nitrogen and oxygen atoms in total. The van der Waals surface area contributed by atoms with Gasteiger partial charge in [0.1, 0.15) is 5.75 Å². The maximum atomic E-state index is 12.6. The molecule has 0 saturated carbocycles. The largest absolute Gasteiger partial charge is 0.493 e. The molecule has 0 aliphatic carbocycles. The van der Waals surface area contributed by atoms with Crippen LogP contribution < -0.4 is 10.1 Å². The number of fused-ring (bicyclic) bond motifs is 1. The summed E-state index contributed by atoms with van der Waals surface area (Å²) >= 11 is 0. The van der Waals surface area contributed by atoms with E-state index in [1.165, 1.54) is 0 Å². The van der Waals surface area contributed by atoms with Crippen LogP contribution in [0.25, 0.3) is 10.9 Å². The Morgan fingerprint density at radius 3 is 2.48 bits per heavy atom. The number of para-hydroxylation sites is 1. The molecular weight excluding hydrogens is 340 g/mol. The van der Waals surface area contributed by atoms with Gasteiger partial charge in [0.25, 0.3) is 11.7 Å². The quantitative estimate of drug-likeness (QED) is 0.491. The molecular formula is C22H24N2O3. The second-order valence-electron chi connectivity index (χ2n) is 7.03. The van der Waals surface area contributed by atoms with Crippen LogP contribution in [0.3, 0.4) is 0 Å². The Hall–Kier alpha value is -3.08. The third-order valence-corrected chi connectivity index (χ3v) is 4.29. The zero-order valence-electron chi connectivity index (χ0n) is 15.8. The van der Waals surface area contributed by atoms with Crippen molar-refractivity contribution in [3.8, 4) is 5.75 Å². The van der Waals surface area contributed by atoms with Crippen LogP contribution >= 0.6 is 0 Å². The Labute approximate surface area is 158 Å².